The summed E-state index contributed by atoms with van der Waals surface area (Å²) in [5.41, 5.74) is -0.0996. The molecule has 1 unspecified atom stereocenters. The molecule has 0 saturated carbocycles. The molecule has 0 spiro atoms. The molecule has 100 valence electrons. The van der Waals surface area contributed by atoms with Gasteiger partial charge in [0.15, 0.2) is 0 Å². The van der Waals surface area contributed by atoms with Gasteiger partial charge in [0, 0.05) is 6.54 Å². The molecule has 1 aliphatic heterocycles. The number of benzene rings is 1. The quantitative estimate of drug-likeness (QED) is 0.749. The van der Waals surface area contributed by atoms with E-state index in [2.05, 4.69) is 14.1 Å². The minimum absolute atomic E-state index is 0.397. The lowest BCUT2D eigenvalue weighted by atomic mass is 10.0. The van der Waals surface area contributed by atoms with Gasteiger partial charge < -0.3 is 0 Å². The molecule has 0 amide bonds. The minimum atomic E-state index is -4.27. The van der Waals surface area contributed by atoms with E-state index in [1.807, 2.05) is 0 Å². The van der Waals surface area contributed by atoms with Crippen LogP contribution in [0.2, 0.25) is 0 Å². The molecule has 0 bridgehead atoms. The maximum Gasteiger partial charge on any atom is 0.416 e. The number of hydrogen-bond acceptors (Lipinski definition) is 1. The maximum absolute atomic E-state index is 13.0. The molecular weight excluding hydrogens is 258 g/mol. The average molecular weight is 275 g/mol. The number of halogens is 3. The van der Waals surface area contributed by atoms with E-state index in [9.17, 15) is 13.2 Å². The molecular formula is C13H17F3NP. The van der Waals surface area contributed by atoms with Crippen LogP contribution in [0.4, 0.5) is 13.2 Å². The third-order valence-electron chi connectivity index (χ3n) is 3.35. The Bertz CT molecular complexity index is 411. The SMILES string of the molecule is FC(F)(F)c1cccc(P)c1CN1CCCCC1. The molecule has 0 radical (unpaired) electrons. The first-order chi connectivity index (χ1) is 8.48. The lowest BCUT2D eigenvalue weighted by molar-refractivity contribution is -0.138. The molecule has 1 fully saturated rings. The van der Waals surface area contributed by atoms with E-state index in [4.69, 9.17) is 0 Å². The van der Waals surface area contributed by atoms with Gasteiger partial charge >= 0.3 is 6.18 Å². The average Bonchev–Trinajstić information content (AvgIpc) is 2.32. The van der Waals surface area contributed by atoms with Gasteiger partial charge in [-0.05, 0) is 42.9 Å². The van der Waals surface area contributed by atoms with Crippen molar-refractivity contribution in [3.63, 3.8) is 0 Å². The smallest absolute Gasteiger partial charge is 0.299 e. The van der Waals surface area contributed by atoms with Gasteiger partial charge in [-0.15, -0.1) is 9.24 Å². The van der Waals surface area contributed by atoms with E-state index in [1.54, 1.807) is 6.07 Å². The van der Waals surface area contributed by atoms with Crippen molar-refractivity contribution in [3.8, 4) is 0 Å². The summed E-state index contributed by atoms with van der Waals surface area (Å²) < 4.78 is 38.9. The molecule has 1 nitrogen and oxygen atoms in total. The zero-order valence-electron chi connectivity index (χ0n) is 10.1. The summed E-state index contributed by atoms with van der Waals surface area (Å²) in [5, 5.41) is 0.649. The van der Waals surface area contributed by atoms with Crippen molar-refractivity contribution < 1.29 is 13.2 Å². The summed E-state index contributed by atoms with van der Waals surface area (Å²) in [4.78, 5) is 2.11. The molecule has 1 aromatic carbocycles. The van der Waals surface area contributed by atoms with E-state index < -0.39 is 11.7 Å². The largest absolute Gasteiger partial charge is 0.416 e. The van der Waals surface area contributed by atoms with Gasteiger partial charge in [-0.25, -0.2) is 0 Å². The first-order valence-corrected chi connectivity index (χ1v) is 6.73. The highest BCUT2D eigenvalue weighted by molar-refractivity contribution is 7.27. The van der Waals surface area contributed by atoms with Gasteiger partial charge in [0.25, 0.3) is 0 Å². The Hall–Kier alpha value is -0.600. The number of nitrogens with zero attached hydrogens (tertiary/aromatic N) is 1. The van der Waals surface area contributed by atoms with Gasteiger partial charge in [-0.1, -0.05) is 18.6 Å². The summed E-state index contributed by atoms with van der Waals surface area (Å²) in [6, 6.07) is 4.36. The van der Waals surface area contributed by atoms with Crippen LogP contribution in [0.1, 0.15) is 30.4 Å². The van der Waals surface area contributed by atoms with E-state index in [-0.39, 0.29) is 0 Å². The number of likely N-dealkylation sites (tertiary alicyclic amines) is 1. The molecule has 1 heterocycles. The molecule has 0 aliphatic carbocycles. The third-order valence-corrected chi connectivity index (χ3v) is 3.89. The molecule has 5 heteroatoms. The zero-order valence-corrected chi connectivity index (χ0v) is 11.3. The number of rotatable bonds is 2. The van der Waals surface area contributed by atoms with Crippen molar-refractivity contribution in [1.29, 1.82) is 0 Å². The van der Waals surface area contributed by atoms with Gasteiger partial charge in [0.2, 0.25) is 0 Å². The predicted molar refractivity (Wildman–Crippen MR) is 69.9 cm³/mol. The summed E-state index contributed by atoms with van der Waals surface area (Å²) in [6.45, 7) is 2.20. The summed E-state index contributed by atoms with van der Waals surface area (Å²) >= 11 is 0. The van der Waals surface area contributed by atoms with Crippen LogP contribution in [0.15, 0.2) is 18.2 Å². The second kappa shape index (κ2) is 5.58. The Morgan fingerprint density at radius 2 is 1.78 bits per heavy atom. The molecule has 2 rings (SSSR count). The Balaban J connectivity index is 2.25. The van der Waals surface area contributed by atoms with E-state index in [0.717, 1.165) is 25.9 Å². The van der Waals surface area contributed by atoms with Gasteiger partial charge in [0.1, 0.15) is 0 Å². The summed E-state index contributed by atoms with van der Waals surface area (Å²) in [7, 11) is 2.42. The Morgan fingerprint density at radius 1 is 1.11 bits per heavy atom. The molecule has 1 aromatic rings. The van der Waals surface area contributed by atoms with Crippen molar-refractivity contribution in [3.05, 3.63) is 29.3 Å². The molecule has 1 saturated heterocycles. The van der Waals surface area contributed by atoms with E-state index in [0.29, 0.717) is 17.4 Å². The lowest BCUT2D eigenvalue weighted by Crippen LogP contribution is -2.31. The van der Waals surface area contributed by atoms with Crippen LogP contribution in [0, 0.1) is 0 Å². The summed E-state index contributed by atoms with van der Waals surface area (Å²) in [6.07, 6.45) is -0.913. The monoisotopic (exact) mass is 275 g/mol. The van der Waals surface area contributed by atoms with E-state index >= 15 is 0 Å². The molecule has 0 aromatic heterocycles. The fraction of sp³-hybridized carbons (Fsp3) is 0.538. The fourth-order valence-electron chi connectivity index (χ4n) is 2.39. The topological polar surface area (TPSA) is 3.24 Å². The lowest BCUT2D eigenvalue weighted by Gasteiger charge is -2.28. The van der Waals surface area contributed by atoms with Crippen LogP contribution in [-0.2, 0) is 12.7 Å². The highest BCUT2D eigenvalue weighted by atomic mass is 31.0. The van der Waals surface area contributed by atoms with Gasteiger partial charge in [-0.2, -0.15) is 13.2 Å². The number of piperidine rings is 1. The first-order valence-electron chi connectivity index (χ1n) is 6.15. The van der Waals surface area contributed by atoms with Crippen LogP contribution < -0.4 is 5.30 Å². The van der Waals surface area contributed by atoms with Crippen LogP contribution in [0.5, 0.6) is 0 Å². The fourth-order valence-corrected chi connectivity index (χ4v) is 2.75. The Kier molecular flexibility index (Phi) is 4.29. The van der Waals surface area contributed by atoms with Crippen molar-refractivity contribution in [2.45, 2.75) is 32.0 Å². The van der Waals surface area contributed by atoms with Crippen molar-refractivity contribution in [2.75, 3.05) is 13.1 Å². The highest BCUT2D eigenvalue weighted by Crippen LogP contribution is 2.32. The predicted octanol–water partition coefficient (Wildman–Crippen LogP) is 3.19. The summed E-state index contributed by atoms with van der Waals surface area (Å²) in [5.74, 6) is 0. The van der Waals surface area contributed by atoms with Crippen LogP contribution >= 0.6 is 9.24 Å². The molecule has 1 atom stereocenters. The first kappa shape index (κ1) is 13.8. The van der Waals surface area contributed by atoms with Crippen molar-refractivity contribution in [2.24, 2.45) is 0 Å². The second-order valence-corrected chi connectivity index (χ2v) is 5.33. The van der Waals surface area contributed by atoms with Crippen molar-refractivity contribution >= 4 is 14.5 Å². The van der Waals surface area contributed by atoms with Crippen LogP contribution in [0.3, 0.4) is 0 Å². The normalized spacial score (nSPS) is 18.0. The van der Waals surface area contributed by atoms with Crippen LogP contribution in [0.25, 0.3) is 0 Å². The molecule has 1 aliphatic rings. The maximum atomic E-state index is 13.0. The molecule has 0 N–H and O–H groups in total. The minimum Gasteiger partial charge on any atom is -0.299 e. The molecule has 18 heavy (non-hydrogen) atoms. The Morgan fingerprint density at radius 3 is 2.39 bits per heavy atom. The van der Waals surface area contributed by atoms with Gasteiger partial charge in [0.05, 0.1) is 5.56 Å². The highest BCUT2D eigenvalue weighted by Gasteiger charge is 2.34. The second-order valence-electron chi connectivity index (χ2n) is 4.71. The standard InChI is InChI=1S/C13H17F3NP/c14-13(15,16)11-5-4-6-12(18)10(11)9-17-7-2-1-3-8-17/h4-6H,1-3,7-9,18H2. The number of hydrogen-bond donors (Lipinski definition) is 0. The van der Waals surface area contributed by atoms with Gasteiger partial charge in [-0.3, -0.25) is 4.90 Å². The zero-order chi connectivity index (χ0) is 13.2. The van der Waals surface area contributed by atoms with Crippen LogP contribution in [-0.4, -0.2) is 18.0 Å². The number of alkyl halides is 3. The van der Waals surface area contributed by atoms with E-state index in [1.165, 1.54) is 18.6 Å². The van der Waals surface area contributed by atoms with Crippen molar-refractivity contribution in [1.82, 2.24) is 4.90 Å². The Labute approximate surface area is 108 Å². The third kappa shape index (κ3) is 3.24.